The van der Waals surface area contributed by atoms with Gasteiger partial charge in [0.05, 0.1) is 68.0 Å². The first-order valence-corrected chi connectivity index (χ1v) is 20.8. The zero-order valence-electron chi connectivity index (χ0n) is 28.1. The van der Waals surface area contributed by atoms with Crippen LogP contribution < -0.4 is 26.6 Å². The molecule has 0 saturated carbocycles. The maximum Gasteiger partial charge on any atom is 0.338 e. The first-order valence-electron chi connectivity index (χ1n) is 14.3. The minimum Gasteiger partial charge on any atom is -0.478 e. The quantitative estimate of drug-likeness (QED) is 0.136. The highest BCUT2D eigenvalue weighted by Gasteiger charge is 2.30. The Balaban J connectivity index is 0.000000786. The van der Waals surface area contributed by atoms with Gasteiger partial charge in [0.25, 0.3) is 0 Å². The number of carbonyl (C=O) groups excluding carboxylic acids is 4. The van der Waals surface area contributed by atoms with Crippen LogP contribution >= 0.6 is 136 Å². The van der Waals surface area contributed by atoms with E-state index in [4.69, 9.17) is 20.4 Å². The molecule has 4 atom stereocenters. The van der Waals surface area contributed by atoms with E-state index in [9.17, 15) is 44.1 Å². The molecule has 2 aromatic rings. The van der Waals surface area contributed by atoms with Gasteiger partial charge in [-0.2, -0.15) is 0 Å². The highest BCUT2D eigenvalue weighted by Crippen LogP contribution is 2.40. The molecule has 12 N–H and O–H groups in total. The van der Waals surface area contributed by atoms with E-state index in [0.29, 0.717) is 44.2 Å². The molecule has 0 radical (unpaired) electrons. The van der Waals surface area contributed by atoms with Crippen LogP contribution in [0.25, 0.3) is 0 Å². The first-order chi connectivity index (χ1) is 24.4. The maximum absolute atomic E-state index is 11.4. The topological polar surface area (TPSA) is 304 Å². The van der Waals surface area contributed by atoms with Crippen molar-refractivity contribution in [2.45, 2.75) is 52.1 Å². The molecule has 0 saturated heterocycles. The largest absolute Gasteiger partial charge is 0.478 e. The maximum atomic E-state index is 11.4. The first kappa shape index (κ1) is 52.4. The summed E-state index contributed by atoms with van der Waals surface area (Å²) in [7, 11) is 1.57. The van der Waals surface area contributed by atoms with Crippen LogP contribution in [-0.4, -0.2) is 116 Å². The molecule has 53 heavy (non-hydrogen) atoms. The molecule has 0 aromatic heterocycles. The second kappa shape index (κ2) is 24.9. The van der Waals surface area contributed by atoms with Gasteiger partial charge in [-0.25, -0.2) is 9.59 Å². The minimum absolute atomic E-state index is 0.0547. The van der Waals surface area contributed by atoms with Crippen molar-refractivity contribution < 1.29 is 64.5 Å². The number of aliphatic hydroxyl groups is 5. The lowest BCUT2D eigenvalue weighted by molar-refractivity contribution is -0.115. The van der Waals surface area contributed by atoms with E-state index in [0.717, 1.165) is 0 Å². The average Bonchev–Trinajstić information content (AvgIpc) is 3.04. The molecule has 0 aliphatic heterocycles. The van der Waals surface area contributed by atoms with Crippen molar-refractivity contribution >= 4 is 194 Å². The zero-order chi connectivity index (χ0) is 41.7. The monoisotopic (exact) mass is 1420 g/mol. The number of aliphatic hydroxyl groups excluding tert-OH is 5. The van der Waals surface area contributed by atoms with E-state index in [-0.39, 0.29) is 41.3 Å². The molecule has 2 aromatic carbocycles. The van der Waals surface area contributed by atoms with Gasteiger partial charge in [-0.1, -0.05) is 0 Å². The summed E-state index contributed by atoms with van der Waals surface area (Å²) in [5.74, 6) is -3.49. The number of carbonyl (C=O) groups is 6. The van der Waals surface area contributed by atoms with E-state index in [1.54, 1.807) is 7.05 Å². The molecule has 18 nitrogen and oxygen atoms in total. The number of rotatable bonds is 12. The van der Waals surface area contributed by atoms with Crippen LogP contribution in [0.4, 0.5) is 22.7 Å². The van der Waals surface area contributed by atoms with Crippen LogP contribution in [0.5, 0.6) is 0 Å². The molecule has 0 heterocycles. The van der Waals surface area contributed by atoms with Gasteiger partial charge in [-0.15, -0.1) is 0 Å². The molecule has 0 bridgehead atoms. The number of carboxylic acid groups (broad SMARTS) is 2. The molecule has 0 fully saturated rings. The molecule has 0 spiro atoms. The second-order valence-corrected chi connectivity index (χ2v) is 16.8. The summed E-state index contributed by atoms with van der Waals surface area (Å²) >= 11 is 11.4. The minimum atomic E-state index is -1.55. The van der Waals surface area contributed by atoms with Crippen LogP contribution in [0, 0.1) is 21.4 Å². The van der Waals surface area contributed by atoms with Gasteiger partial charge < -0.3 is 62.3 Å². The van der Waals surface area contributed by atoms with Crippen LogP contribution in [0.1, 0.15) is 48.4 Å². The third-order valence-electron chi connectivity index (χ3n) is 6.00. The third kappa shape index (κ3) is 16.1. The Labute approximate surface area is 385 Å². The number of benzene rings is 2. The molecule has 0 aliphatic rings. The number of aromatic carboxylic acids is 2. The zero-order valence-corrected chi connectivity index (χ0v) is 41.0. The van der Waals surface area contributed by atoms with Crippen molar-refractivity contribution in [1.29, 1.82) is 0 Å². The Kier molecular flexibility index (Phi) is 24.6. The molecule has 296 valence electrons. The summed E-state index contributed by atoms with van der Waals surface area (Å²) in [5.41, 5.74) is 1.67. The number of hydrogen-bond acceptors (Lipinski definition) is 12. The summed E-state index contributed by atoms with van der Waals surface area (Å²) in [6.07, 6.45) is -5.65. The average molecular weight is 1420 g/mol. The van der Waals surface area contributed by atoms with E-state index in [2.05, 4.69) is 26.6 Å². The van der Waals surface area contributed by atoms with E-state index in [1.807, 2.05) is 136 Å². The summed E-state index contributed by atoms with van der Waals surface area (Å²) < 4.78 is 2.88. The molecule has 0 unspecified atom stereocenters. The molecular weight excluding hydrogens is 1390 g/mol. The van der Waals surface area contributed by atoms with Gasteiger partial charge in [-0.3, -0.25) is 19.2 Å². The Bertz CT molecular complexity index is 1520. The van der Waals surface area contributed by atoms with Gasteiger partial charge in [0.15, 0.2) is 0 Å². The number of carboxylic acids is 2. The number of nitrogens with one attached hydrogen (secondary N) is 5. The normalized spacial score (nSPS) is 12.7. The molecule has 0 aliphatic carbocycles. The van der Waals surface area contributed by atoms with E-state index < -0.39 is 43.0 Å². The number of halogens is 6. The second-order valence-electron chi connectivity index (χ2n) is 10.3. The Hall–Kier alpha value is -0.600. The molecule has 2 rings (SSSR count). The van der Waals surface area contributed by atoms with Gasteiger partial charge in [0, 0.05) is 34.2 Å². The van der Waals surface area contributed by atoms with E-state index in [1.165, 1.54) is 27.7 Å². The predicted octanol–water partition coefficient (Wildman–Crippen LogP) is 2.87. The lowest BCUT2D eigenvalue weighted by atomic mass is 10.0. The number of amides is 4. The lowest BCUT2D eigenvalue weighted by Crippen LogP contribution is -2.48. The predicted molar refractivity (Wildman–Crippen MR) is 245 cm³/mol. The third-order valence-corrected chi connectivity index (χ3v) is 12.5. The van der Waals surface area contributed by atoms with Crippen LogP contribution in [-0.2, 0) is 19.2 Å². The van der Waals surface area contributed by atoms with Crippen molar-refractivity contribution in [3.8, 4) is 0 Å². The van der Waals surface area contributed by atoms with Crippen molar-refractivity contribution in [3.63, 3.8) is 0 Å². The van der Waals surface area contributed by atoms with Crippen molar-refractivity contribution in [2.24, 2.45) is 0 Å². The molecular formula is C29H35I6N5O13. The Morgan fingerprint density at radius 2 is 0.755 bits per heavy atom. The number of hydrogen-bond donors (Lipinski definition) is 12. The van der Waals surface area contributed by atoms with E-state index >= 15 is 0 Å². The lowest BCUT2D eigenvalue weighted by Gasteiger charge is -2.25. The van der Waals surface area contributed by atoms with Gasteiger partial charge in [0.1, 0.15) is 18.3 Å². The van der Waals surface area contributed by atoms with Crippen LogP contribution in [0.15, 0.2) is 0 Å². The van der Waals surface area contributed by atoms with Crippen LogP contribution in [0.3, 0.4) is 0 Å². The van der Waals surface area contributed by atoms with Gasteiger partial charge >= 0.3 is 11.9 Å². The summed E-state index contributed by atoms with van der Waals surface area (Å²) in [4.78, 5) is 67.8. The molecule has 24 heteroatoms. The fraction of sp³-hybridized carbons (Fsp3) is 0.379. The number of anilines is 4. The fourth-order valence-corrected chi connectivity index (χ4v) is 12.1. The van der Waals surface area contributed by atoms with Crippen molar-refractivity contribution in [1.82, 2.24) is 5.32 Å². The summed E-state index contributed by atoms with van der Waals surface area (Å²) in [5, 5.41) is 76.5. The van der Waals surface area contributed by atoms with Crippen molar-refractivity contribution in [3.05, 3.63) is 32.5 Å². The SMILES string of the molecule is CC(=O)Nc1c(I)c(NC(C)=O)c(I)c(C(=O)O)c1I.CC(=O)Nc1c(I)c(NC(C)=O)c(I)c(C(=O)O)c1I.CNC[C@H](O)[C@@H](O)[C@H](O)[C@H](O)CO. The molecule has 4 amide bonds. The highest BCUT2D eigenvalue weighted by atomic mass is 127. The number of likely N-dealkylation sites (N-methyl/N-ethyl adjacent to an activating group) is 1. The highest BCUT2D eigenvalue weighted by molar-refractivity contribution is 14.1. The van der Waals surface area contributed by atoms with Crippen LogP contribution in [0.2, 0.25) is 0 Å². The summed E-state index contributed by atoms with van der Waals surface area (Å²) in [6, 6.07) is 0. The standard InChI is InChI=1S/2C11H9I3N2O4.C7H17NO5/c2*1-3(17)15-9-6(12)5(11(19)20)7(13)10(8(9)14)16-4(2)18;1-8-2-4(10)6(12)7(13)5(11)3-9/h2*1-2H3,(H,15,17)(H,16,18)(H,19,20);4-13H,2-3H2,1H3/t;;4-,5+,6+,7+/m..0/s1. The van der Waals surface area contributed by atoms with Gasteiger partial charge in [0.2, 0.25) is 23.6 Å². The summed E-state index contributed by atoms with van der Waals surface area (Å²) in [6.45, 7) is 4.78. The van der Waals surface area contributed by atoms with Crippen molar-refractivity contribution in [2.75, 3.05) is 41.5 Å². The Morgan fingerprint density at radius 1 is 0.509 bits per heavy atom. The Morgan fingerprint density at radius 3 is 0.943 bits per heavy atom. The fourth-order valence-electron chi connectivity index (χ4n) is 3.74. The van der Waals surface area contributed by atoms with Gasteiger partial charge in [-0.05, 0) is 143 Å². The smallest absolute Gasteiger partial charge is 0.338 e.